The molecule has 0 aromatic heterocycles. The first-order valence-corrected chi connectivity index (χ1v) is 5.45. The molecular formula is C7H14O4S. The third kappa shape index (κ3) is 7.68. The standard InChI is InChI=1S/C7H14O4S/c1-7(4-2-3-5-8)6-12(9,10)11/h5,7H,2-4,6H2,1H3,(H,9,10,11). The van der Waals surface area contributed by atoms with E-state index in [4.69, 9.17) is 4.55 Å². The lowest BCUT2D eigenvalue weighted by Crippen LogP contribution is -2.12. The van der Waals surface area contributed by atoms with Crippen molar-refractivity contribution in [2.45, 2.75) is 26.2 Å². The Bertz CT molecular complexity index is 220. The highest BCUT2D eigenvalue weighted by Crippen LogP contribution is 2.08. The molecule has 0 aromatic rings. The molecule has 72 valence electrons. The van der Waals surface area contributed by atoms with Crippen LogP contribution in [0.4, 0.5) is 0 Å². The average Bonchev–Trinajstić information content (AvgIpc) is 1.84. The second kappa shape index (κ2) is 5.27. The number of rotatable bonds is 6. The number of unbranched alkanes of at least 4 members (excludes halogenated alkanes) is 1. The number of hydrogen-bond donors (Lipinski definition) is 1. The van der Waals surface area contributed by atoms with E-state index in [2.05, 4.69) is 0 Å². The van der Waals surface area contributed by atoms with Gasteiger partial charge in [0.05, 0.1) is 5.75 Å². The molecule has 0 radical (unpaired) electrons. The first-order valence-electron chi connectivity index (χ1n) is 3.84. The molecule has 0 aliphatic heterocycles. The Morgan fingerprint density at radius 2 is 2.08 bits per heavy atom. The zero-order chi connectivity index (χ0) is 9.61. The minimum atomic E-state index is -3.85. The van der Waals surface area contributed by atoms with E-state index in [1.165, 1.54) is 0 Å². The molecule has 1 unspecified atom stereocenters. The van der Waals surface area contributed by atoms with Gasteiger partial charge in [0.15, 0.2) is 0 Å². The second-order valence-electron chi connectivity index (χ2n) is 2.95. The first kappa shape index (κ1) is 11.6. The average molecular weight is 194 g/mol. The van der Waals surface area contributed by atoms with Crippen LogP contribution in [0.15, 0.2) is 0 Å². The van der Waals surface area contributed by atoms with E-state index in [1.54, 1.807) is 6.92 Å². The highest BCUT2D eigenvalue weighted by atomic mass is 32.2. The summed E-state index contributed by atoms with van der Waals surface area (Å²) in [4.78, 5) is 9.90. The SMILES string of the molecule is CC(CCCC=O)CS(=O)(=O)O. The van der Waals surface area contributed by atoms with Gasteiger partial charge in [-0.05, 0) is 18.8 Å². The summed E-state index contributed by atoms with van der Waals surface area (Å²) in [6, 6.07) is 0. The second-order valence-corrected chi connectivity index (χ2v) is 4.45. The molecule has 0 aromatic carbocycles. The molecule has 1 N–H and O–H groups in total. The highest BCUT2D eigenvalue weighted by Gasteiger charge is 2.11. The number of carbonyl (C=O) groups excluding carboxylic acids is 1. The van der Waals surface area contributed by atoms with Crippen LogP contribution in [0.2, 0.25) is 0 Å². The predicted octanol–water partition coefficient (Wildman–Crippen LogP) is 0.879. The summed E-state index contributed by atoms with van der Waals surface area (Å²) < 4.78 is 29.2. The minimum Gasteiger partial charge on any atom is -0.303 e. The van der Waals surface area contributed by atoms with Gasteiger partial charge in [-0.15, -0.1) is 0 Å². The molecule has 0 saturated carbocycles. The molecule has 0 rings (SSSR count). The lowest BCUT2D eigenvalue weighted by Gasteiger charge is -2.06. The summed E-state index contributed by atoms with van der Waals surface area (Å²) in [6.07, 6.45) is 2.59. The molecule has 0 heterocycles. The smallest absolute Gasteiger partial charge is 0.265 e. The van der Waals surface area contributed by atoms with Crippen LogP contribution in [0.1, 0.15) is 26.2 Å². The van der Waals surface area contributed by atoms with Gasteiger partial charge in [-0.2, -0.15) is 8.42 Å². The van der Waals surface area contributed by atoms with Crippen LogP contribution in [-0.2, 0) is 14.9 Å². The molecule has 1 atom stereocenters. The number of carbonyl (C=O) groups is 1. The van der Waals surface area contributed by atoms with E-state index in [1.807, 2.05) is 0 Å². The monoisotopic (exact) mass is 194 g/mol. The Morgan fingerprint density at radius 3 is 2.50 bits per heavy atom. The van der Waals surface area contributed by atoms with Crippen LogP contribution >= 0.6 is 0 Å². The summed E-state index contributed by atoms with van der Waals surface area (Å²) in [7, 11) is -3.85. The fourth-order valence-electron chi connectivity index (χ4n) is 0.993. The summed E-state index contributed by atoms with van der Waals surface area (Å²) in [5, 5.41) is 0. The Morgan fingerprint density at radius 1 is 1.50 bits per heavy atom. The van der Waals surface area contributed by atoms with Gasteiger partial charge in [-0.1, -0.05) is 6.92 Å². The Hall–Kier alpha value is -0.420. The minimum absolute atomic E-state index is 0.0834. The van der Waals surface area contributed by atoms with Crippen LogP contribution in [0.3, 0.4) is 0 Å². The van der Waals surface area contributed by atoms with Crippen molar-refractivity contribution in [3.63, 3.8) is 0 Å². The summed E-state index contributed by atoms with van der Waals surface area (Å²) in [6.45, 7) is 1.73. The van der Waals surface area contributed by atoms with Crippen molar-refractivity contribution in [3.05, 3.63) is 0 Å². The van der Waals surface area contributed by atoms with Gasteiger partial charge in [0.1, 0.15) is 6.29 Å². The molecule has 0 aliphatic carbocycles. The predicted molar refractivity (Wildman–Crippen MR) is 45.5 cm³/mol. The molecule has 0 amide bonds. The van der Waals surface area contributed by atoms with E-state index in [0.29, 0.717) is 19.3 Å². The zero-order valence-electron chi connectivity index (χ0n) is 7.06. The molecule has 0 spiro atoms. The third-order valence-electron chi connectivity index (χ3n) is 1.51. The fraction of sp³-hybridized carbons (Fsp3) is 0.857. The molecule has 4 nitrogen and oxygen atoms in total. The topological polar surface area (TPSA) is 71.4 Å². The normalized spacial score (nSPS) is 14.2. The quantitative estimate of drug-likeness (QED) is 0.387. The van der Waals surface area contributed by atoms with Gasteiger partial charge in [0.25, 0.3) is 10.1 Å². The lowest BCUT2D eigenvalue weighted by molar-refractivity contribution is -0.107. The number of hydrogen-bond acceptors (Lipinski definition) is 3. The molecule has 0 bridgehead atoms. The van der Waals surface area contributed by atoms with Gasteiger partial charge < -0.3 is 4.79 Å². The van der Waals surface area contributed by atoms with E-state index in [9.17, 15) is 13.2 Å². The van der Waals surface area contributed by atoms with Gasteiger partial charge in [-0.25, -0.2) is 0 Å². The summed E-state index contributed by atoms with van der Waals surface area (Å²) in [5.41, 5.74) is 0. The van der Waals surface area contributed by atoms with E-state index in [-0.39, 0.29) is 11.7 Å². The molecule has 0 saturated heterocycles. The van der Waals surface area contributed by atoms with Crippen LogP contribution in [0.5, 0.6) is 0 Å². The molecular weight excluding hydrogens is 180 g/mol. The van der Waals surface area contributed by atoms with Gasteiger partial charge in [0.2, 0.25) is 0 Å². The van der Waals surface area contributed by atoms with Crippen molar-refractivity contribution >= 4 is 16.4 Å². The molecule has 12 heavy (non-hydrogen) atoms. The maximum Gasteiger partial charge on any atom is 0.265 e. The Labute approximate surface area is 72.7 Å². The number of aldehydes is 1. The van der Waals surface area contributed by atoms with Crippen molar-refractivity contribution < 1.29 is 17.8 Å². The van der Waals surface area contributed by atoms with Crippen LogP contribution in [0, 0.1) is 5.92 Å². The van der Waals surface area contributed by atoms with E-state index in [0.717, 1.165) is 6.29 Å². The molecule has 0 aliphatic rings. The maximum atomic E-state index is 10.4. The third-order valence-corrected chi connectivity index (χ3v) is 2.50. The van der Waals surface area contributed by atoms with Crippen molar-refractivity contribution in [1.29, 1.82) is 0 Å². The lowest BCUT2D eigenvalue weighted by atomic mass is 10.1. The van der Waals surface area contributed by atoms with Crippen molar-refractivity contribution in [1.82, 2.24) is 0 Å². The van der Waals surface area contributed by atoms with Crippen molar-refractivity contribution in [2.24, 2.45) is 5.92 Å². The van der Waals surface area contributed by atoms with Crippen molar-refractivity contribution in [2.75, 3.05) is 5.75 Å². The maximum absolute atomic E-state index is 10.4. The highest BCUT2D eigenvalue weighted by molar-refractivity contribution is 7.85. The molecule has 5 heteroatoms. The van der Waals surface area contributed by atoms with Crippen LogP contribution in [-0.4, -0.2) is 25.0 Å². The van der Waals surface area contributed by atoms with Gasteiger partial charge >= 0.3 is 0 Å². The Kier molecular flexibility index (Phi) is 5.08. The fourth-order valence-corrected chi connectivity index (χ4v) is 1.88. The van der Waals surface area contributed by atoms with Gasteiger partial charge in [0, 0.05) is 6.42 Å². The van der Waals surface area contributed by atoms with E-state index < -0.39 is 10.1 Å². The first-order chi connectivity index (χ1) is 5.45. The van der Waals surface area contributed by atoms with E-state index >= 15 is 0 Å². The van der Waals surface area contributed by atoms with Crippen LogP contribution < -0.4 is 0 Å². The summed E-state index contributed by atoms with van der Waals surface area (Å²) >= 11 is 0. The molecule has 0 fully saturated rings. The Balaban J connectivity index is 3.60. The summed E-state index contributed by atoms with van der Waals surface area (Å²) in [5.74, 6) is -0.300. The largest absolute Gasteiger partial charge is 0.303 e. The van der Waals surface area contributed by atoms with Crippen LogP contribution in [0.25, 0.3) is 0 Å². The van der Waals surface area contributed by atoms with Gasteiger partial charge in [-0.3, -0.25) is 4.55 Å². The zero-order valence-corrected chi connectivity index (χ0v) is 7.88. The van der Waals surface area contributed by atoms with Crippen molar-refractivity contribution in [3.8, 4) is 0 Å².